The van der Waals surface area contributed by atoms with E-state index < -0.39 is 45.7 Å². The Balaban J connectivity index is 1.57. The Morgan fingerprint density at radius 2 is 1.76 bits per heavy atom. The maximum atomic E-state index is 14.7. The van der Waals surface area contributed by atoms with Crippen LogP contribution in [0.15, 0.2) is 42.5 Å². The van der Waals surface area contributed by atoms with Gasteiger partial charge in [0.15, 0.2) is 0 Å². The Hall–Kier alpha value is -3.01. The first-order valence-corrected chi connectivity index (χ1v) is 12.2. The average Bonchev–Trinajstić information content (AvgIpc) is 3.18. The lowest BCUT2D eigenvalue weighted by Gasteiger charge is -2.54. The van der Waals surface area contributed by atoms with Crippen molar-refractivity contribution >= 4 is 74.5 Å². The number of carbonyl (C=O) groups is 4. The zero-order valence-corrected chi connectivity index (χ0v) is 21.9. The largest absolute Gasteiger partial charge is 0.352 e. The molecule has 186 valence electrons. The fourth-order valence-corrected chi connectivity index (χ4v) is 5.11. The summed E-state index contributed by atoms with van der Waals surface area (Å²) in [5.41, 5.74) is -0.289. The summed E-state index contributed by atoms with van der Waals surface area (Å²) in [6.07, 6.45) is 0. The van der Waals surface area contributed by atoms with Crippen molar-refractivity contribution < 1.29 is 28.0 Å². The second-order valence-corrected chi connectivity index (χ2v) is 10.9. The molecular weight excluding hydrogens is 498 g/mol. The number of hydrogen-bond donors (Lipinski definition) is 2. The molecule has 0 aliphatic carbocycles. The molecule has 1 saturated heterocycles. The van der Waals surface area contributed by atoms with E-state index >= 15 is 0 Å². The number of amides is 4. The minimum Gasteiger partial charge on any atom is -0.352 e. The summed E-state index contributed by atoms with van der Waals surface area (Å²) in [5.74, 6) is -7.86. The van der Waals surface area contributed by atoms with E-state index in [-0.39, 0.29) is 23.4 Å². The normalized spacial score (nSPS) is 23.8. The molecule has 0 saturated carbocycles. The Morgan fingerprint density at radius 1 is 1.14 bits per heavy atom. The minimum absolute atomic E-state index is 0.0951. The number of rotatable bonds is 5. The number of nitrogens with one attached hydrogen (secondary N) is 2. The van der Waals surface area contributed by atoms with Crippen LogP contribution in [-0.4, -0.2) is 73.2 Å². The molecule has 3 atom stereocenters. The van der Waals surface area contributed by atoms with Crippen molar-refractivity contribution in [1.29, 1.82) is 0 Å². The van der Waals surface area contributed by atoms with Crippen LogP contribution in [0.25, 0.3) is 0 Å². The number of halogens is 3. The third kappa shape index (κ3) is 4.19. The van der Waals surface area contributed by atoms with Gasteiger partial charge in [0.05, 0.1) is 5.44 Å². The van der Waals surface area contributed by atoms with E-state index in [4.69, 9.17) is 11.6 Å². The van der Waals surface area contributed by atoms with Gasteiger partial charge < -0.3 is 10.2 Å². The zero-order valence-electron chi connectivity index (χ0n) is 21.1. The lowest BCUT2D eigenvalue weighted by atomic mass is 9.31. The third-order valence-corrected chi connectivity index (χ3v) is 8.47. The predicted molar refractivity (Wildman–Crippen MR) is 148 cm³/mol. The molecule has 37 heavy (non-hydrogen) atoms. The number of fused-ring (bicyclic) bond motifs is 1. The van der Waals surface area contributed by atoms with E-state index in [1.807, 2.05) is 0 Å². The first-order valence-electron chi connectivity index (χ1n) is 11.9. The predicted octanol–water partition coefficient (Wildman–Crippen LogP) is -2.37. The van der Waals surface area contributed by atoms with Crippen LogP contribution in [0.3, 0.4) is 0 Å². The van der Waals surface area contributed by atoms with Gasteiger partial charge in [0, 0.05) is 34.5 Å². The SMILES string of the molecule is BC(NC(=O)C(F)(F)c1ccc(Cl)cc1)c1ccc2c(c1)CN([C@]1(B)C(=O)NC(=O)C(B)C1(B)B)C2=O. The second kappa shape index (κ2) is 9.08. The molecule has 0 spiro atoms. The van der Waals surface area contributed by atoms with Gasteiger partial charge in [-0.25, -0.2) is 0 Å². The maximum absolute atomic E-state index is 14.7. The first kappa shape index (κ1) is 27.0. The number of alkyl halides is 2. The molecule has 4 amide bonds. The molecule has 2 heterocycles. The van der Waals surface area contributed by atoms with Crippen LogP contribution < -0.4 is 10.6 Å². The highest BCUT2D eigenvalue weighted by Gasteiger charge is 2.60. The van der Waals surface area contributed by atoms with Crippen LogP contribution in [0.2, 0.25) is 16.1 Å². The van der Waals surface area contributed by atoms with Crippen LogP contribution in [0.1, 0.15) is 33.0 Å². The van der Waals surface area contributed by atoms with Crippen LogP contribution >= 0.6 is 11.6 Å². The monoisotopic (exact) mass is 521 g/mol. The Morgan fingerprint density at radius 3 is 2.38 bits per heavy atom. The quantitative estimate of drug-likeness (QED) is 0.340. The van der Waals surface area contributed by atoms with Crippen LogP contribution in [0, 0.1) is 0 Å². The van der Waals surface area contributed by atoms with Crippen molar-refractivity contribution in [1.82, 2.24) is 15.5 Å². The third-order valence-electron chi connectivity index (χ3n) is 8.22. The van der Waals surface area contributed by atoms with Gasteiger partial charge in [-0.1, -0.05) is 41.1 Å². The van der Waals surface area contributed by atoms with E-state index in [2.05, 4.69) is 10.6 Å². The van der Waals surface area contributed by atoms with Gasteiger partial charge in [0.1, 0.15) is 39.2 Å². The molecule has 0 bridgehead atoms. The van der Waals surface area contributed by atoms with E-state index in [9.17, 15) is 28.0 Å². The molecule has 2 N–H and O–H groups in total. The van der Waals surface area contributed by atoms with E-state index in [0.717, 1.165) is 12.1 Å². The van der Waals surface area contributed by atoms with E-state index in [1.165, 1.54) is 17.0 Å². The molecule has 2 aromatic carbocycles. The topological polar surface area (TPSA) is 95.6 Å². The number of hydrogen-bond acceptors (Lipinski definition) is 4. The van der Waals surface area contributed by atoms with Crippen molar-refractivity contribution in [3.8, 4) is 0 Å². The van der Waals surface area contributed by atoms with Crippen molar-refractivity contribution in [3.05, 3.63) is 69.7 Å². The highest BCUT2D eigenvalue weighted by Crippen LogP contribution is 2.49. The van der Waals surface area contributed by atoms with E-state index in [0.29, 0.717) is 16.7 Å². The Bertz CT molecular complexity index is 1330. The van der Waals surface area contributed by atoms with Gasteiger partial charge in [-0.05, 0) is 29.3 Å². The van der Waals surface area contributed by atoms with Gasteiger partial charge in [-0.3, -0.25) is 24.5 Å². The Kier molecular flexibility index (Phi) is 6.63. The van der Waals surface area contributed by atoms with Crippen molar-refractivity contribution in [2.75, 3.05) is 0 Å². The molecule has 2 aliphatic heterocycles. The lowest BCUT2D eigenvalue weighted by molar-refractivity contribution is -0.147. The number of nitrogens with zero attached hydrogens (tertiary/aromatic N) is 1. The highest BCUT2D eigenvalue weighted by molar-refractivity contribution is 6.57. The summed E-state index contributed by atoms with van der Waals surface area (Å²) in [7, 11) is 8.51. The molecule has 7 nitrogen and oxygen atoms in total. The van der Waals surface area contributed by atoms with Gasteiger partial charge in [-0.15, -0.1) is 0 Å². The summed E-state index contributed by atoms with van der Waals surface area (Å²) in [4.78, 5) is 52.6. The molecule has 0 aromatic heterocycles. The van der Waals surface area contributed by atoms with Crippen molar-refractivity contribution in [3.63, 3.8) is 0 Å². The molecule has 2 aliphatic rings. The average molecular weight is 521 g/mol. The molecule has 4 rings (SSSR count). The first-order chi connectivity index (χ1) is 17.1. The smallest absolute Gasteiger partial charge is 0.349 e. The zero-order chi connectivity index (χ0) is 27.5. The summed E-state index contributed by atoms with van der Waals surface area (Å²) < 4.78 is 29.5. The molecule has 2 unspecified atom stereocenters. The van der Waals surface area contributed by atoms with Crippen LogP contribution in [0.4, 0.5) is 8.78 Å². The maximum Gasteiger partial charge on any atom is 0.349 e. The summed E-state index contributed by atoms with van der Waals surface area (Å²) in [6.45, 7) is 0.0951. The van der Waals surface area contributed by atoms with Crippen molar-refractivity contribution in [2.45, 2.75) is 34.9 Å². The summed E-state index contributed by atoms with van der Waals surface area (Å²) in [6, 6.07) is 9.60. The molecule has 15 heteroatoms. The number of carbonyl (C=O) groups excluding carboxylic acids is 4. The molecule has 1 fully saturated rings. The highest BCUT2D eigenvalue weighted by atomic mass is 35.5. The number of benzene rings is 2. The molecular formula is C22H23B5ClF2N3O4. The fraction of sp³-hybridized carbons (Fsp3) is 0.273. The number of imide groups is 1. The summed E-state index contributed by atoms with van der Waals surface area (Å²) in [5, 5.41) is 4.14. The van der Waals surface area contributed by atoms with Crippen LogP contribution in [-0.2, 0) is 26.9 Å². The van der Waals surface area contributed by atoms with Gasteiger partial charge in [-0.2, -0.15) is 8.78 Å². The summed E-state index contributed by atoms with van der Waals surface area (Å²) >= 11 is 5.76. The second-order valence-electron chi connectivity index (χ2n) is 10.4. The molecule has 0 radical (unpaired) electrons. The standard InChI is InChI=1S/C22H23B5ClF2N3O4/c23-14-16(34)32-19(37)22(27,21(14,25)26)33-8-10-7-9(1-6-13(10)17(33)35)15(24)31-18(36)20(29,30)11-2-4-12(28)5-3-11/h1-7,14-15H,8,23-27H2,(H,31,36)(H,32,34,37)/t14?,15?,22-/m1/s1. The van der Waals surface area contributed by atoms with E-state index in [1.54, 1.807) is 57.4 Å². The molecule has 2 aromatic rings. The fourth-order valence-electron chi connectivity index (χ4n) is 4.99. The minimum atomic E-state index is -3.77. The van der Waals surface area contributed by atoms with Gasteiger partial charge >= 0.3 is 5.92 Å². The van der Waals surface area contributed by atoms with Crippen LogP contribution in [0.5, 0.6) is 0 Å². The Labute approximate surface area is 222 Å². The van der Waals surface area contributed by atoms with Gasteiger partial charge in [0.25, 0.3) is 11.8 Å². The lowest BCUT2D eigenvalue weighted by Crippen LogP contribution is -2.72. The van der Waals surface area contributed by atoms with Crippen molar-refractivity contribution in [2.24, 2.45) is 0 Å². The van der Waals surface area contributed by atoms with Gasteiger partial charge in [0.2, 0.25) is 11.8 Å². The number of piperidine rings is 1.